The average Bonchev–Trinajstić information content (AvgIpc) is 3.53. The van der Waals surface area contributed by atoms with Crippen LogP contribution in [0.25, 0.3) is 0 Å². The van der Waals surface area contributed by atoms with Gasteiger partial charge in [-0.3, -0.25) is 0 Å². The van der Waals surface area contributed by atoms with Crippen LogP contribution < -0.4 is 4.74 Å². The molecule has 0 aromatic heterocycles. The van der Waals surface area contributed by atoms with E-state index in [9.17, 15) is 19.2 Å². The van der Waals surface area contributed by atoms with Gasteiger partial charge in [0.05, 0.1) is 35.5 Å². The molecule has 0 unspecified atom stereocenters. The summed E-state index contributed by atoms with van der Waals surface area (Å²) in [4.78, 5) is 56.0. The molecule has 4 aliphatic rings. The lowest BCUT2D eigenvalue weighted by Gasteiger charge is -2.55. The molecule has 11 heteroatoms. The van der Waals surface area contributed by atoms with Crippen LogP contribution in [0.15, 0.2) is 152 Å². The number of esters is 4. The van der Waals surface area contributed by atoms with E-state index in [2.05, 4.69) is 37.3 Å². The van der Waals surface area contributed by atoms with Crippen LogP contribution in [0, 0.1) is 17.3 Å². The molecular formula is C55H54O11. The fourth-order valence-electron chi connectivity index (χ4n) is 10.6. The number of rotatable bonds is 12. The summed E-state index contributed by atoms with van der Waals surface area (Å²) in [5.74, 6) is -1.04. The fourth-order valence-corrected chi connectivity index (χ4v) is 10.6. The van der Waals surface area contributed by atoms with Gasteiger partial charge in [-0.25, -0.2) is 19.2 Å². The van der Waals surface area contributed by atoms with E-state index in [-0.39, 0.29) is 28.0 Å². The summed E-state index contributed by atoms with van der Waals surface area (Å²) >= 11 is 0. The molecule has 0 N–H and O–H groups in total. The molecule has 11 nitrogen and oxygen atoms in total. The van der Waals surface area contributed by atoms with Crippen LogP contribution in [0.5, 0.6) is 5.75 Å². The smallest absolute Gasteiger partial charge is 0.338 e. The first-order chi connectivity index (χ1) is 32.2. The van der Waals surface area contributed by atoms with Crippen LogP contribution in [0.1, 0.15) is 97.5 Å². The van der Waals surface area contributed by atoms with Crippen LogP contribution >= 0.6 is 0 Å². The lowest BCUT2D eigenvalue weighted by atomic mass is 9.52. The van der Waals surface area contributed by atoms with Crippen molar-refractivity contribution in [1.29, 1.82) is 0 Å². The van der Waals surface area contributed by atoms with Gasteiger partial charge in [-0.15, -0.1) is 0 Å². The number of ether oxygens (including phenoxy) is 7. The van der Waals surface area contributed by atoms with Crippen molar-refractivity contribution >= 4 is 23.9 Å². The van der Waals surface area contributed by atoms with E-state index < -0.39 is 67.3 Å². The minimum absolute atomic E-state index is 0.211. The SMILES string of the molecule is COc1ccc2c(c1)CC[C@@H]1[C@@H]2CC[C@]2(C)[C@@H](O[C@H]3O[C@H](COC(=O)c4ccccc4)[C@@H](OC(=O)c4ccccc4)[C@H](OC(=O)c4ccccc4)[C@@H]3OC(=O)c3ccccc3)CC=CC[C@@H]12. The van der Waals surface area contributed by atoms with Crippen molar-refractivity contribution < 1.29 is 52.3 Å². The maximum atomic E-state index is 14.2. The molecule has 66 heavy (non-hydrogen) atoms. The normalized spacial score (nSPS) is 27.6. The Balaban J connectivity index is 1.10. The summed E-state index contributed by atoms with van der Waals surface area (Å²) in [5.41, 5.74) is 3.31. The predicted octanol–water partition coefficient (Wildman–Crippen LogP) is 9.75. The molecule has 3 aliphatic carbocycles. The minimum Gasteiger partial charge on any atom is -0.497 e. The monoisotopic (exact) mass is 890 g/mol. The van der Waals surface area contributed by atoms with Crippen LogP contribution in [0.4, 0.5) is 0 Å². The topological polar surface area (TPSA) is 133 Å². The molecule has 1 heterocycles. The third kappa shape index (κ3) is 9.41. The van der Waals surface area contributed by atoms with Crippen molar-refractivity contribution in [2.45, 2.75) is 88.2 Å². The third-order valence-corrected chi connectivity index (χ3v) is 14.0. The van der Waals surface area contributed by atoms with Gasteiger partial charge < -0.3 is 33.2 Å². The number of fused-ring (bicyclic) bond motifs is 5. The number of carbonyl (C=O) groups excluding carboxylic acids is 4. The van der Waals surface area contributed by atoms with Gasteiger partial charge >= 0.3 is 23.9 Å². The van der Waals surface area contributed by atoms with Crippen molar-refractivity contribution in [1.82, 2.24) is 0 Å². The zero-order valence-corrected chi connectivity index (χ0v) is 37.1. The highest BCUT2D eigenvalue weighted by Crippen LogP contribution is 2.59. The molecule has 5 aromatic carbocycles. The van der Waals surface area contributed by atoms with E-state index in [0.29, 0.717) is 23.8 Å². The highest BCUT2D eigenvalue weighted by molar-refractivity contribution is 5.91. The second-order valence-corrected chi connectivity index (χ2v) is 17.8. The molecule has 1 saturated carbocycles. The first-order valence-electron chi connectivity index (χ1n) is 22.8. The Bertz CT molecular complexity index is 2510. The van der Waals surface area contributed by atoms with Gasteiger partial charge in [0, 0.05) is 0 Å². The Labute approximate surface area is 385 Å². The van der Waals surface area contributed by atoms with Gasteiger partial charge in [-0.1, -0.05) is 97.9 Å². The molecule has 340 valence electrons. The molecule has 10 atom stereocenters. The summed E-state index contributed by atoms with van der Waals surface area (Å²) in [6.07, 6.45) is 2.02. The molecular weight excluding hydrogens is 837 g/mol. The van der Waals surface area contributed by atoms with E-state index in [4.69, 9.17) is 33.2 Å². The van der Waals surface area contributed by atoms with Crippen LogP contribution in [0.3, 0.4) is 0 Å². The number of carbonyl (C=O) groups is 4. The van der Waals surface area contributed by atoms with E-state index in [1.54, 1.807) is 128 Å². The number of hydrogen-bond donors (Lipinski definition) is 0. The fraction of sp³-hybridized carbons (Fsp3) is 0.345. The average molecular weight is 891 g/mol. The Morgan fingerprint density at radius 3 is 1.73 bits per heavy atom. The standard InChI is InChI=1S/C55H54O11/c1-55-32-31-42-41-30-28-40(60-2)33-39(41)27-29-43(42)44(55)25-15-16-26-46(55)63-54-49(66-53(59)38-23-13-6-14-24-38)48(65-52(58)37-21-11-5-12-22-37)47(64-51(57)36-19-9-4-10-20-36)45(62-54)34-61-50(56)35-17-7-3-8-18-35/h3-24,28,30,33,42-49,54H,25-27,29,31-32,34H2,1-2H3/t42-,43-,44+,45-,46+,47-,48+,49+,54-,55+/m1/s1. The van der Waals surface area contributed by atoms with Crippen LogP contribution in [-0.2, 0) is 34.8 Å². The summed E-state index contributed by atoms with van der Waals surface area (Å²) in [7, 11) is 1.70. The first-order valence-corrected chi connectivity index (χ1v) is 22.8. The second-order valence-electron chi connectivity index (χ2n) is 17.8. The molecule has 0 bridgehead atoms. The van der Waals surface area contributed by atoms with E-state index in [0.717, 1.165) is 37.9 Å². The lowest BCUT2D eigenvalue weighted by molar-refractivity contribution is -0.320. The zero-order valence-electron chi connectivity index (χ0n) is 37.1. The van der Waals surface area contributed by atoms with Crippen molar-refractivity contribution in [2.24, 2.45) is 17.3 Å². The third-order valence-electron chi connectivity index (χ3n) is 14.0. The van der Waals surface area contributed by atoms with Crippen LogP contribution in [-0.4, -0.2) is 74.4 Å². The number of allylic oxidation sites excluding steroid dienone is 1. The molecule has 0 amide bonds. The highest BCUT2D eigenvalue weighted by Gasteiger charge is 2.57. The lowest BCUT2D eigenvalue weighted by Crippen LogP contribution is -2.64. The number of hydrogen-bond acceptors (Lipinski definition) is 11. The maximum Gasteiger partial charge on any atom is 0.338 e. The number of benzene rings is 5. The second kappa shape index (κ2) is 19.9. The quantitative estimate of drug-likeness (QED) is 0.0674. The highest BCUT2D eigenvalue weighted by atomic mass is 16.7. The largest absolute Gasteiger partial charge is 0.497 e. The molecule has 0 spiro atoms. The van der Waals surface area contributed by atoms with Crippen LogP contribution in [0.2, 0.25) is 0 Å². The van der Waals surface area contributed by atoms with Gasteiger partial charge in [0.2, 0.25) is 0 Å². The summed E-state index contributed by atoms with van der Waals surface area (Å²) in [6.45, 7) is 1.86. The maximum absolute atomic E-state index is 14.2. The van der Waals surface area contributed by atoms with Crippen molar-refractivity contribution in [2.75, 3.05) is 13.7 Å². The number of aryl methyl sites for hydroxylation is 1. The summed E-state index contributed by atoms with van der Waals surface area (Å²) in [6, 6.07) is 40.1. The van der Waals surface area contributed by atoms with Crippen molar-refractivity contribution in [3.63, 3.8) is 0 Å². The van der Waals surface area contributed by atoms with Gasteiger partial charge in [0.25, 0.3) is 0 Å². The molecule has 9 rings (SSSR count). The number of methoxy groups -OCH3 is 1. The van der Waals surface area contributed by atoms with Gasteiger partial charge in [-0.05, 0) is 133 Å². The Morgan fingerprint density at radius 2 is 1.15 bits per heavy atom. The summed E-state index contributed by atoms with van der Waals surface area (Å²) in [5, 5.41) is 0. The molecule has 0 radical (unpaired) electrons. The summed E-state index contributed by atoms with van der Waals surface area (Å²) < 4.78 is 44.6. The zero-order chi connectivity index (χ0) is 45.6. The molecule has 2 fully saturated rings. The van der Waals surface area contributed by atoms with E-state index in [1.807, 2.05) is 0 Å². The molecule has 1 saturated heterocycles. The van der Waals surface area contributed by atoms with Gasteiger partial charge in [0.1, 0.15) is 18.5 Å². The van der Waals surface area contributed by atoms with E-state index >= 15 is 0 Å². The molecule has 1 aliphatic heterocycles. The van der Waals surface area contributed by atoms with Gasteiger partial charge in [-0.2, -0.15) is 0 Å². The van der Waals surface area contributed by atoms with Crippen molar-refractivity contribution in [3.05, 3.63) is 185 Å². The Morgan fingerprint density at radius 1 is 0.621 bits per heavy atom. The molecule has 5 aromatic rings. The Kier molecular flexibility index (Phi) is 13.5. The van der Waals surface area contributed by atoms with E-state index in [1.165, 1.54) is 11.1 Å². The van der Waals surface area contributed by atoms with Crippen molar-refractivity contribution in [3.8, 4) is 5.75 Å². The predicted molar refractivity (Wildman–Crippen MR) is 244 cm³/mol. The van der Waals surface area contributed by atoms with Gasteiger partial charge in [0.15, 0.2) is 24.6 Å². The minimum atomic E-state index is -1.51. The Hall–Kier alpha value is -6.56. The first kappa shape index (κ1) is 44.6.